The van der Waals surface area contributed by atoms with Crippen molar-refractivity contribution in [3.8, 4) is 0 Å². The molecule has 0 bridgehead atoms. The van der Waals surface area contributed by atoms with E-state index in [1.54, 1.807) is 0 Å². The summed E-state index contributed by atoms with van der Waals surface area (Å²) < 4.78 is 0. The van der Waals surface area contributed by atoms with Gasteiger partial charge in [-0.15, -0.1) is 0 Å². The highest BCUT2D eigenvalue weighted by Crippen LogP contribution is 2.33. The molecule has 4 nitrogen and oxygen atoms in total. The molecule has 2 aromatic rings. The number of aromatic nitrogens is 2. The zero-order chi connectivity index (χ0) is 15.0. The van der Waals surface area contributed by atoms with E-state index < -0.39 is 0 Å². The van der Waals surface area contributed by atoms with Gasteiger partial charge in [0.05, 0.1) is 11.0 Å². The number of likely N-dealkylation sites (tertiary alicyclic amines) is 1. The SMILES string of the molecule is CC(C)(C)C(=O)N1CCC(c2c[nH]c3cccnc23)CC1. The van der Waals surface area contributed by atoms with Crippen molar-refractivity contribution in [3.05, 3.63) is 30.1 Å². The topological polar surface area (TPSA) is 49.0 Å². The minimum Gasteiger partial charge on any atom is -0.360 e. The minimum atomic E-state index is -0.283. The quantitative estimate of drug-likeness (QED) is 0.874. The third-order valence-electron chi connectivity index (χ3n) is 4.33. The molecular weight excluding hydrogens is 262 g/mol. The molecule has 1 amide bonds. The van der Waals surface area contributed by atoms with E-state index in [0.29, 0.717) is 5.92 Å². The van der Waals surface area contributed by atoms with Crippen LogP contribution in [0.15, 0.2) is 24.5 Å². The van der Waals surface area contributed by atoms with E-state index in [1.165, 1.54) is 5.56 Å². The van der Waals surface area contributed by atoms with Gasteiger partial charge in [-0.05, 0) is 36.5 Å². The maximum absolute atomic E-state index is 12.3. The van der Waals surface area contributed by atoms with Crippen LogP contribution in [0.1, 0.15) is 45.1 Å². The molecule has 4 heteroatoms. The molecule has 1 saturated heterocycles. The van der Waals surface area contributed by atoms with Crippen molar-refractivity contribution in [3.63, 3.8) is 0 Å². The molecule has 2 aromatic heterocycles. The van der Waals surface area contributed by atoms with E-state index in [2.05, 4.69) is 22.2 Å². The first-order valence-electron chi connectivity index (χ1n) is 7.68. The van der Waals surface area contributed by atoms with Crippen LogP contribution >= 0.6 is 0 Å². The smallest absolute Gasteiger partial charge is 0.227 e. The second-order valence-corrected chi connectivity index (χ2v) is 6.96. The van der Waals surface area contributed by atoms with Gasteiger partial charge in [0.2, 0.25) is 5.91 Å². The van der Waals surface area contributed by atoms with E-state index in [4.69, 9.17) is 0 Å². The molecule has 1 fully saturated rings. The number of H-pyrrole nitrogens is 1. The molecule has 3 rings (SSSR count). The van der Waals surface area contributed by atoms with Gasteiger partial charge in [0.15, 0.2) is 0 Å². The molecule has 21 heavy (non-hydrogen) atoms. The highest BCUT2D eigenvalue weighted by Gasteiger charge is 2.31. The average molecular weight is 285 g/mol. The maximum Gasteiger partial charge on any atom is 0.227 e. The van der Waals surface area contributed by atoms with Crippen molar-refractivity contribution in [1.29, 1.82) is 0 Å². The molecule has 0 aromatic carbocycles. The number of carbonyl (C=O) groups excluding carboxylic acids is 1. The summed E-state index contributed by atoms with van der Waals surface area (Å²) in [4.78, 5) is 22.1. The van der Waals surface area contributed by atoms with Crippen LogP contribution in [-0.4, -0.2) is 33.9 Å². The summed E-state index contributed by atoms with van der Waals surface area (Å²) in [7, 11) is 0. The Labute approximate surface area is 125 Å². The van der Waals surface area contributed by atoms with Crippen LogP contribution in [0.5, 0.6) is 0 Å². The third-order valence-corrected chi connectivity index (χ3v) is 4.33. The van der Waals surface area contributed by atoms with Crippen LogP contribution in [-0.2, 0) is 4.79 Å². The lowest BCUT2D eigenvalue weighted by Crippen LogP contribution is -2.43. The van der Waals surface area contributed by atoms with Gasteiger partial charge in [0.1, 0.15) is 0 Å². The molecule has 0 saturated carbocycles. The van der Waals surface area contributed by atoms with Gasteiger partial charge in [-0.1, -0.05) is 20.8 Å². The van der Waals surface area contributed by atoms with Crippen LogP contribution in [0.2, 0.25) is 0 Å². The van der Waals surface area contributed by atoms with Crippen molar-refractivity contribution in [2.75, 3.05) is 13.1 Å². The number of nitrogens with one attached hydrogen (secondary N) is 1. The third kappa shape index (κ3) is 2.67. The highest BCUT2D eigenvalue weighted by atomic mass is 16.2. The Hall–Kier alpha value is -1.84. The Morgan fingerprint density at radius 2 is 2.05 bits per heavy atom. The van der Waals surface area contributed by atoms with Crippen LogP contribution in [0.4, 0.5) is 0 Å². The van der Waals surface area contributed by atoms with Gasteiger partial charge in [0.25, 0.3) is 0 Å². The first-order chi connectivity index (χ1) is 9.97. The van der Waals surface area contributed by atoms with Crippen molar-refractivity contribution >= 4 is 16.9 Å². The fourth-order valence-corrected chi connectivity index (χ4v) is 3.15. The Balaban J connectivity index is 1.73. The number of aromatic amines is 1. The van der Waals surface area contributed by atoms with Crippen molar-refractivity contribution in [2.45, 2.75) is 39.5 Å². The Kier molecular flexibility index (Phi) is 3.47. The van der Waals surface area contributed by atoms with Crippen LogP contribution in [0.3, 0.4) is 0 Å². The predicted molar refractivity (Wildman–Crippen MR) is 84.1 cm³/mol. The lowest BCUT2D eigenvalue weighted by molar-refractivity contribution is -0.140. The molecule has 1 aliphatic heterocycles. The van der Waals surface area contributed by atoms with E-state index in [0.717, 1.165) is 37.0 Å². The van der Waals surface area contributed by atoms with Gasteiger partial charge >= 0.3 is 0 Å². The second kappa shape index (κ2) is 5.17. The molecule has 0 radical (unpaired) electrons. The van der Waals surface area contributed by atoms with Crippen LogP contribution in [0.25, 0.3) is 11.0 Å². The molecule has 0 atom stereocenters. The van der Waals surface area contributed by atoms with Gasteiger partial charge in [-0.3, -0.25) is 9.78 Å². The van der Waals surface area contributed by atoms with Crippen molar-refractivity contribution in [1.82, 2.24) is 14.9 Å². The number of amides is 1. The average Bonchev–Trinajstić information content (AvgIpc) is 2.90. The predicted octanol–water partition coefficient (Wildman–Crippen LogP) is 3.32. The number of piperidine rings is 1. The maximum atomic E-state index is 12.3. The van der Waals surface area contributed by atoms with Crippen molar-refractivity contribution < 1.29 is 4.79 Å². The molecular formula is C17H23N3O. The standard InChI is InChI=1S/C17H23N3O/c1-17(2,3)16(21)20-9-6-12(7-10-20)13-11-19-14-5-4-8-18-15(13)14/h4-5,8,11-12,19H,6-7,9-10H2,1-3H3. The summed E-state index contributed by atoms with van der Waals surface area (Å²) in [5, 5.41) is 0. The lowest BCUT2D eigenvalue weighted by Gasteiger charge is -2.35. The fourth-order valence-electron chi connectivity index (χ4n) is 3.15. The summed E-state index contributed by atoms with van der Waals surface area (Å²) in [5.41, 5.74) is 3.20. The normalized spacial score (nSPS) is 17.4. The fraction of sp³-hybridized carbons (Fsp3) is 0.529. The second-order valence-electron chi connectivity index (χ2n) is 6.96. The molecule has 0 spiro atoms. The molecule has 1 N–H and O–H groups in total. The summed E-state index contributed by atoms with van der Waals surface area (Å²) in [6, 6.07) is 4.01. The van der Waals surface area contributed by atoms with Crippen LogP contribution < -0.4 is 0 Å². The van der Waals surface area contributed by atoms with Crippen LogP contribution in [0, 0.1) is 5.41 Å². The molecule has 0 unspecified atom stereocenters. The first-order valence-corrected chi connectivity index (χ1v) is 7.68. The molecule has 3 heterocycles. The molecule has 1 aliphatic rings. The number of hydrogen-bond donors (Lipinski definition) is 1. The van der Waals surface area contributed by atoms with Crippen molar-refractivity contribution in [2.24, 2.45) is 5.41 Å². The lowest BCUT2D eigenvalue weighted by atomic mass is 9.88. The Bertz CT molecular complexity index is 645. The number of hydrogen-bond acceptors (Lipinski definition) is 2. The highest BCUT2D eigenvalue weighted by molar-refractivity contribution is 5.82. The summed E-state index contributed by atoms with van der Waals surface area (Å²) in [5.74, 6) is 0.760. The first kappa shape index (κ1) is 14.1. The monoisotopic (exact) mass is 285 g/mol. The number of rotatable bonds is 1. The summed E-state index contributed by atoms with van der Waals surface area (Å²) >= 11 is 0. The van der Waals surface area contributed by atoms with E-state index in [9.17, 15) is 4.79 Å². The summed E-state index contributed by atoms with van der Waals surface area (Å²) in [6.45, 7) is 7.67. The van der Waals surface area contributed by atoms with E-state index >= 15 is 0 Å². The largest absolute Gasteiger partial charge is 0.360 e. The number of fused-ring (bicyclic) bond motifs is 1. The van der Waals surface area contributed by atoms with Gasteiger partial charge in [-0.25, -0.2) is 0 Å². The number of carbonyl (C=O) groups is 1. The number of pyridine rings is 1. The number of nitrogens with zero attached hydrogens (tertiary/aromatic N) is 2. The Morgan fingerprint density at radius 3 is 2.71 bits per heavy atom. The Morgan fingerprint density at radius 1 is 1.33 bits per heavy atom. The van der Waals surface area contributed by atoms with E-state index in [-0.39, 0.29) is 11.3 Å². The van der Waals surface area contributed by atoms with Gasteiger partial charge in [0, 0.05) is 30.9 Å². The van der Waals surface area contributed by atoms with Gasteiger partial charge < -0.3 is 9.88 Å². The minimum absolute atomic E-state index is 0.262. The summed E-state index contributed by atoms with van der Waals surface area (Å²) in [6.07, 6.45) is 5.97. The molecule has 112 valence electrons. The van der Waals surface area contributed by atoms with Gasteiger partial charge in [-0.2, -0.15) is 0 Å². The van der Waals surface area contributed by atoms with E-state index in [1.807, 2.05) is 37.9 Å². The zero-order valence-electron chi connectivity index (χ0n) is 13.0. The zero-order valence-corrected chi connectivity index (χ0v) is 13.0. The molecule has 0 aliphatic carbocycles.